The van der Waals surface area contributed by atoms with E-state index in [0.717, 1.165) is 22.9 Å². The molecule has 0 aliphatic carbocycles. The third-order valence-electron chi connectivity index (χ3n) is 4.34. The number of thiocarbonyl (C=S) groups is 1. The molecule has 1 heterocycles. The number of ether oxygens (including phenoxy) is 1. The van der Waals surface area contributed by atoms with Crippen LogP contribution in [0.1, 0.15) is 24.5 Å². The van der Waals surface area contributed by atoms with Crippen molar-refractivity contribution in [3.05, 3.63) is 69.6 Å². The molecule has 8 heteroatoms. The Labute approximate surface area is 183 Å². The van der Waals surface area contributed by atoms with Crippen LogP contribution in [-0.4, -0.2) is 32.2 Å². The zero-order valence-electron chi connectivity index (χ0n) is 15.5. The Morgan fingerprint density at radius 1 is 1.28 bits per heavy atom. The van der Waals surface area contributed by atoms with Crippen LogP contribution in [0, 0.1) is 0 Å². The van der Waals surface area contributed by atoms with Crippen molar-refractivity contribution in [3.8, 4) is 5.75 Å². The lowest BCUT2D eigenvalue weighted by molar-refractivity contribution is -0.145. The van der Waals surface area contributed by atoms with Crippen molar-refractivity contribution >= 4 is 57.9 Å². The fraction of sp³-hybridized carbons (Fsp3) is 0.190. The minimum Gasteiger partial charge on any atom is -0.489 e. The van der Waals surface area contributed by atoms with Crippen molar-refractivity contribution in [2.24, 2.45) is 0 Å². The monoisotopic (exact) mass is 447 g/mol. The van der Waals surface area contributed by atoms with Gasteiger partial charge < -0.3 is 9.84 Å². The Morgan fingerprint density at radius 3 is 2.59 bits per heavy atom. The van der Waals surface area contributed by atoms with Gasteiger partial charge in [0.15, 0.2) is 0 Å². The molecule has 29 heavy (non-hydrogen) atoms. The molecular weight excluding hydrogens is 430 g/mol. The molecule has 0 bridgehead atoms. The van der Waals surface area contributed by atoms with E-state index in [4.69, 9.17) is 28.6 Å². The Morgan fingerprint density at radius 2 is 1.97 bits per heavy atom. The average molecular weight is 448 g/mol. The summed E-state index contributed by atoms with van der Waals surface area (Å²) in [6.45, 7) is 2.06. The number of rotatable bonds is 7. The van der Waals surface area contributed by atoms with Crippen LogP contribution in [0.4, 0.5) is 0 Å². The van der Waals surface area contributed by atoms with Gasteiger partial charge in [-0.05, 0) is 36.3 Å². The molecule has 0 radical (unpaired) electrons. The summed E-state index contributed by atoms with van der Waals surface area (Å²) >= 11 is 12.5. The number of thioether (sulfide) groups is 1. The highest BCUT2D eigenvalue weighted by molar-refractivity contribution is 8.26. The van der Waals surface area contributed by atoms with Crippen LogP contribution in [0.25, 0.3) is 6.08 Å². The molecule has 0 spiro atoms. The van der Waals surface area contributed by atoms with Gasteiger partial charge in [-0.1, -0.05) is 72.8 Å². The Hall–Kier alpha value is -2.35. The highest BCUT2D eigenvalue weighted by atomic mass is 35.5. The molecule has 0 saturated carbocycles. The van der Waals surface area contributed by atoms with E-state index in [-0.39, 0.29) is 16.6 Å². The van der Waals surface area contributed by atoms with Gasteiger partial charge in [-0.25, -0.2) is 4.79 Å². The lowest BCUT2D eigenvalue weighted by Crippen LogP contribution is -2.43. The van der Waals surface area contributed by atoms with Crippen LogP contribution in [0.5, 0.6) is 5.75 Å². The number of nitrogens with zero attached hydrogens (tertiary/aromatic N) is 1. The number of hydrogen-bond donors (Lipinski definition) is 1. The number of carboxylic acid groups (broad SMARTS) is 1. The largest absolute Gasteiger partial charge is 0.489 e. The molecule has 1 aliphatic heterocycles. The number of amides is 1. The van der Waals surface area contributed by atoms with E-state index >= 15 is 0 Å². The fourth-order valence-electron chi connectivity index (χ4n) is 2.80. The topological polar surface area (TPSA) is 66.8 Å². The van der Waals surface area contributed by atoms with Gasteiger partial charge in [0.25, 0.3) is 5.91 Å². The molecule has 1 amide bonds. The van der Waals surface area contributed by atoms with E-state index in [1.807, 2.05) is 36.4 Å². The minimum absolute atomic E-state index is 0.259. The predicted octanol–water partition coefficient (Wildman–Crippen LogP) is 4.98. The van der Waals surface area contributed by atoms with Gasteiger partial charge in [0.05, 0.1) is 4.91 Å². The van der Waals surface area contributed by atoms with Crippen LogP contribution in [0.15, 0.2) is 53.4 Å². The molecule has 1 fully saturated rings. The molecule has 1 unspecified atom stereocenters. The first kappa shape index (κ1) is 21.4. The summed E-state index contributed by atoms with van der Waals surface area (Å²) in [4.78, 5) is 25.6. The molecule has 3 rings (SSSR count). The predicted molar refractivity (Wildman–Crippen MR) is 119 cm³/mol. The first-order chi connectivity index (χ1) is 13.9. The normalized spacial score (nSPS) is 16.3. The number of carbonyl (C=O) groups is 2. The van der Waals surface area contributed by atoms with Crippen molar-refractivity contribution < 1.29 is 19.4 Å². The van der Waals surface area contributed by atoms with E-state index in [1.54, 1.807) is 25.1 Å². The van der Waals surface area contributed by atoms with E-state index in [1.165, 1.54) is 4.90 Å². The number of aliphatic carboxylic acids is 1. The van der Waals surface area contributed by atoms with Gasteiger partial charge >= 0.3 is 5.97 Å². The van der Waals surface area contributed by atoms with Gasteiger partial charge in [-0.15, -0.1) is 0 Å². The molecule has 1 atom stereocenters. The maximum atomic E-state index is 12.6. The molecule has 1 aliphatic rings. The summed E-state index contributed by atoms with van der Waals surface area (Å²) in [5.41, 5.74) is 1.68. The van der Waals surface area contributed by atoms with E-state index in [9.17, 15) is 14.7 Å². The number of hydrogen-bond acceptors (Lipinski definition) is 5. The maximum Gasteiger partial charge on any atom is 0.326 e. The Kier molecular flexibility index (Phi) is 6.95. The van der Waals surface area contributed by atoms with Crippen LogP contribution in [0.3, 0.4) is 0 Å². The van der Waals surface area contributed by atoms with Crippen molar-refractivity contribution in [1.29, 1.82) is 0 Å². The molecule has 150 valence electrons. The average Bonchev–Trinajstić information content (AvgIpc) is 2.97. The fourth-order valence-corrected chi connectivity index (χ4v) is 4.35. The summed E-state index contributed by atoms with van der Waals surface area (Å²) < 4.78 is 6.01. The molecular formula is C21H18ClNO4S2. The zero-order valence-corrected chi connectivity index (χ0v) is 17.9. The standard InChI is InChI=1S/C21H18ClNO4S2/c1-2-17(20(25)26)23-19(24)18(29-21(23)28)11-13-7-9-15(10-8-13)27-12-14-5-3-4-6-16(14)22/h3-11,17H,2,12H2,1H3,(H,25,26)/b18-11-. The summed E-state index contributed by atoms with van der Waals surface area (Å²) in [6, 6.07) is 13.8. The lowest BCUT2D eigenvalue weighted by Gasteiger charge is -2.21. The van der Waals surface area contributed by atoms with Gasteiger partial charge in [0.1, 0.15) is 22.7 Å². The van der Waals surface area contributed by atoms with Gasteiger partial charge in [-0.3, -0.25) is 9.69 Å². The first-order valence-electron chi connectivity index (χ1n) is 8.87. The SMILES string of the molecule is CCC(C(=O)O)N1C(=O)/C(=C/c2ccc(OCc3ccccc3Cl)cc2)SC1=S. The number of halogens is 1. The quantitative estimate of drug-likeness (QED) is 0.476. The molecule has 2 aromatic rings. The zero-order chi connectivity index (χ0) is 21.0. The van der Waals surface area contributed by atoms with E-state index < -0.39 is 12.0 Å². The summed E-state index contributed by atoms with van der Waals surface area (Å²) in [5, 5.41) is 9.97. The number of carbonyl (C=O) groups excluding carboxylic acids is 1. The summed E-state index contributed by atoms with van der Waals surface area (Å²) in [7, 11) is 0. The molecule has 1 saturated heterocycles. The second-order valence-corrected chi connectivity index (χ2v) is 8.35. The van der Waals surface area contributed by atoms with E-state index in [0.29, 0.717) is 22.3 Å². The molecule has 5 nitrogen and oxygen atoms in total. The van der Waals surface area contributed by atoms with Gasteiger partial charge in [-0.2, -0.15) is 0 Å². The maximum absolute atomic E-state index is 12.6. The van der Waals surface area contributed by atoms with Gasteiger partial charge in [0, 0.05) is 10.6 Å². The lowest BCUT2D eigenvalue weighted by atomic mass is 10.1. The minimum atomic E-state index is -1.06. The Balaban J connectivity index is 1.69. The van der Waals surface area contributed by atoms with Gasteiger partial charge in [0.2, 0.25) is 0 Å². The van der Waals surface area contributed by atoms with Crippen molar-refractivity contribution in [3.63, 3.8) is 0 Å². The molecule has 2 aromatic carbocycles. The first-order valence-corrected chi connectivity index (χ1v) is 10.5. The van der Waals surface area contributed by atoms with Crippen molar-refractivity contribution in [2.45, 2.75) is 26.0 Å². The van der Waals surface area contributed by atoms with Crippen LogP contribution in [-0.2, 0) is 16.2 Å². The van der Waals surface area contributed by atoms with Crippen molar-refractivity contribution in [2.75, 3.05) is 0 Å². The summed E-state index contributed by atoms with van der Waals surface area (Å²) in [6.07, 6.45) is 1.98. The Bertz CT molecular complexity index is 975. The van der Waals surface area contributed by atoms with Crippen molar-refractivity contribution in [1.82, 2.24) is 4.90 Å². The van der Waals surface area contributed by atoms with Crippen LogP contribution < -0.4 is 4.74 Å². The molecule has 0 aromatic heterocycles. The number of benzene rings is 2. The van der Waals surface area contributed by atoms with Crippen LogP contribution >= 0.6 is 35.6 Å². The third-order valence-corrected chi connectivity index (χ3v) is 6.04. The second-order valence-electron chi connectivity index (χ2n) is 6.26. The number of carboxylic acids is 1. The summed E-state index contributed by atoms with van der Waals surface area (Å²) in [5.74, 6) is -0.773. The van der Waals surface area contributed by atoms with E-state index in [2.05, 4.69) is 0 Å². The highest BCUT2D eigenvalue weighted by Crippen LogP contribution is 2.34. The second kappa shape index (κ2) is 9.43. The third kappa shape index (κ3) is 4.98. The molecule has 1 N–H and O–H groups in total. The highest BCUT2D eigenvalue weighted by Gasteiger charge is 2.39. The van der Waals surface area contributed by atoms with Crippen LogP contribution in [0.2, 0.25) is 5.02 Å². The smallest absolute Gasteiger partial charge is 0.326 e.